The van der Waals surface area contributed by atoms with Gasteiger partial charge in [0.1, 0.15) is 5.56 Å². The molecule has 1 N–H and O–H groups in total. The minimum atomic E-state index is -0.940. The molecule has 0 aliphatic carbocycles. The Kier molecular flexibility index (Phi) is 3.28. The van der Waals surface area contributed by atoms with Crippen molar-refractivity contribution in [2.24, 2.45) is 0 Å². The first kappa shape index (κ1) is 11.9. The van der Waals surface area contributed by atoms with Gasteiger partial charge in [-0.3, -0.25) is 0 Å². The van der Waals surface area contributed by atoms with Gasteiger partial charge in [-0.15, -0.1) is 0 Å². The summed E-state index contributed by atoms with van der Waals surface area (Å²) in [5.74, 6) is -0.940. The molecule has 0 saturated heterocycles. The van der Waals surface area contributed by atoms with Gasteiger partial charge in [0.05, 0.1) is 17.6 Å². The molecular formula is C12H11BrN2O2. The molecule has 17 heavy (non-hydrogen) atoms. The van der Waals surface area contributed by atoms with Crippen LogP contribution in [0.4, 0.5) is 0 Å². The van der Waals surface area contributed by atoms with Gasteiger partial charge in [-0.2, -0.15) is 5.10 Å². The lowest BCUT2D eigenvalue weighted by Gasteiger charge is -2.06. The monoisotopic (exact) mass is 294 g/mol. The van der Waals surface area contributed by atoms with E-state index in [1.54, 1.807) is 4.68 Å². The fraction of sp³-hybridized carbons (Fsp3) is 0.167. The van der Waals surface area contributed by atoms with Crippen molar-refractivity contribution < 1.29 is 9.90 Å². The molecule has 88 valence electrons. The number of hydrogen-bond acceptors (Lipinski definition) is 2. The van der Waals surface area contributed by atoms with Crippen LogP contribution in [0.25, 0.3) is 5.69 Å². The molecule has 2 rings (SSSR count). The van der Waals surface area contributed by atoms with Crippen LogP contribution in [0, 0.1) is 0 Å². The highest BCUT2D eigenvalue weighted by Crippen LogP contribution is 2.18. The van der Waals surface area contributed by atoms with E-state index in [-0.39, 0.29) is 5.56 Å². The molecule has 0 saturated carbocycles. The zero-order chi connectivity index (χ0) is 12.4. The molecule has 1 heterocycles. The van der Waals surface area contributed by atoms with Crippen molar-refractivity contribution in [3.63, 3.8) is 0 Å². The Morgan fingerprint density at radius 2 is 2.06 bits per heavy atom. The molecule has 1 aromatic carbocycles. The van der Waals surface area contributed by atoms with E-state index in [2.05, 4.69) is 21.0 Å². The predicted octanol–water partition coefficient (Wildman–Crippen LogP) is 2.90. The second-order valence-electron chi connectivity index (χ2n) is 3.55. The van der Waals surface area contributed by atoms with E-state index in [1.807, 2.05) is 31.2 Å². The highest BCUT2D eigenvalue weighted by molar-refractivity contribution is 9.10. The molecule has 0 aliphatic heterocycles. The SMILES string of the molecule is CCc1c(C(=O)O)cnn1-c1ccc(Br)cc1. The zero-order valence-corrected chi connectivity index (χ0v) is 10.8. The van der Waals surface area contributed by atoms with Crippen LogP contribution in [0.15, 0.2) is 34.9 Å². The number of nitrogens with zero attached hydrogens (tertiary/aromatic N) is 2. The molecule has 0 unspecified atom stereocenters. The van der Waals surface area contributed by atoms with Crippen molar-refractivity contribution in [1.29, 1.82) is 0 Å². The summed E-state index contributed by atoms with van der Waals surface area (Å²) in [4.78, 5) is 11.0. The maximum atomic E-state index is 11.0. The topological polar surface area (TPSA) is 55.1 Å². The van der Waals surface area contributed by atoms with Gasteiger partial charge in [0, 0.05) is 4.47 Å². The molecule has 0 atom stereocenters. The van der Waals surface area contributed by atoms with Gasteiger partial charge in [-0.1, -0.05) is 22.9 Å². The fourth-order valence-corrected chi connectivity index (χ4v) is 1.96. The van der Waals surface area contributed by atoms with Gasteiger partial charge in [0.2, 0.25) is 0 Å². The average Bonchev–Trinajstić information content (AvgIpc) is 2.73. The standard InChI is InChI=1S/C12H11BrN2O2/c1-2-11-10(12(16)17)7-14-15(11)9-5-3-8(13)4-6-9/h3-7H,2H2,1H3,(H,16,17). The smallest absolute Gasteiger partial charge is 0.339 e. The Balaban J connectivity index is 2.52. The number of carboxylic acids is 1. The number of hydrogen-bond donors (Lipinski definition) is 1. The summed E-state index contributed by atoms with van der Waals surface area (Å²) in [7, 11) is 0. The maximum Gasteiger partial charge on any atom is 0.339 e. The first-order valence-corrected chi connectivity index (χ1v) is 5.99. The van der Waals surface area contributed by atoms with Crippen molar-refractivity contribution >= 4 is 21.9 Å². The lowest BCUT2D eigenvalue weighted by Crippen LogP contribution is -2.05. The summed E-state index contributed by atoms with van der Waals surface area (Å²) >= 11 is 3.36. The van der Waals surface area contributed by atoms with Crippen molar-refractivity contribution in [1.82, 2.24) is 9.78 Å². The number of halogens is 1. The molecule has 5 heteroatoms. The Morgan fingerprint density at radius 1 is 1.41 bits per heavy atom. The van der Waals surface area contributed by atoms with Crippen molar-refractivity contribution in [2.75, 3.05) is 0 Å². The fourth-order valence-electron chi connectivity index (χ4n) is 1.70. The van der Waals surface area contributed by atoms with E-state index in [4.69, 9.17) is 5.11 Å². The number of benzene rings is 1. The van der Waals surface area contributed by atoms with Crippen LogP contribution in [-0.2, 0) is 6.42 Å². The van der Waals surface area contributed by atoms with Gasteiger partial charge in [-0.05, 0) is 30.7 Å². The molecule has 0 bridgehead atoms. The average molecular weight is 295 g/mol. The van der Waals surface area contributed by atoms with Crippen LogP contribution < -0.4 is 0 Å². The minimum Gasteiger partial charge on any atom is -0.478 e. The Hall–Kier alpha value is -1.62. The van der Waals surface area contributed by atoms with Gasteiger partial charge in [0.25, 0.3) is 0 Å². The van der Waals surface area contributed by atoms with Crippen molar-refractivity contribution in [3.8, 4) is 5.69 Å². The molecule has 0 fully saturated rings. The Morgan fingerprint density at radius 3 is 2.59 bits per heavy atom. The van der Waals surface area contributed by atoms with Crippen LogP contribution in [0.1, 0.15) is 23.0 Å². The molecule has 0 aliphatic rings. The van der Waals surface area contributed by atoms with Crippen LogP contribution in [0.2, 0.25) is 0 Å². The lowest BCUT2D eigenvalue weighted by molar-refractivity contribution is 0.0695. The number of carboxylic acid groups (broad SMARTS) is 1. The van der Waals surface area contributed by atoms with E-state index in [0.29, 0.717) is 12.1 Å². The largest absolute Gasteiger partial charge is 0.478 e. The highest BCUT2D eigenvalue weighted by Gasteiger charge is 2.15. The summed E-state index contributed by atoms with van der Waals surface area (Å²) in [6.07, 6.45) is 2.01. The normalized spacial score (nSPS) is 10.5. The second kappa shape index (κ2) is 4.71. The summed E-state index contributed by atoms with van der Waals surface area (Å²) in [6.45, 7) is 1.92. The highest BCUT2D eigenvalue weighted by atomic mass is 79.9. The summed E-state index contributed by atoms with van der Waals surface area (Å²) in [5.41, 5.74) is 1.83. The van der Waals surface area contributed by atoms with Crippen molar-refractivity contribution in [3.05, 3.63) is 46.2 Å². The summed E-state index contributed by atoms with van der Waals surface area (Å²) in [6, 6.07) is 7.58. The molecule has 4 nitrogen and oxygen atoms in total. The minimum absolute atomic E-state index is 0.260. The molecule has 2 aromatic rings. The molecule has 1 aromatic heterocycles. The number of carbonyl (C=O) groups is 1. The zero-order valence-electron chi connectivity index (χ0n) is 9.22. The van der Waals surface area contributed by atoms with E-state index >= 15 is 0 Å². The molecule has 0 spiro atoms. The molecule has 0 amide bonds. The van der Waals surface area contributed by atoms with Gasteiger partial charge in [-0.25, -0.2) is 9.48 Å². The number of aromatic nitrogens is 2. The lowest BCUT2D eigenvalue weighted by atomic mass is 10.2. The molecular weight excluding hydrogens is 284 g/mol. The van der Waals surface area contributed by atoms with E-state index in [9.17, 15) is 4.79 Å². The maximum absolute atomic E-state index is 11.0. The quantitative estimate of drug-likeness (QED) is 0.947. The first-order chi connectivity index (χ1) is 8.13. The van der Waals surface area contributed by atoms with Crippen LogP contribution >= 0.6 is 15.9 Å². The van der Waals surface area contributed by atoms with Crippen LogP contribution in [0.5, 0.6) is 0 Å². The predicted molar refractivity (Wildman–Crippen MR) is 67.6 cm³/mol. The number of rotatable bonds is 3. The second-order valence-corrected chi connectivity index (χ2v) is 4.47. The van der Waals surface area contributed by atoms with E-state index < -0.39 is 5.97 Å². The first-order valence-electron chi connectivity index (χ1n) is 5.19. The van der Waals surface area contributed by atoms with Crippen LogP contribution in [0.3, 0.4) is 0 Å². The van der Waals surface area contributed by atoms with Gasteiger partial charge < -0.3 is 5.11 Å². The van der Waals surface area contributed by atoms with Crippen LogP contribution in [-0.4, -0.2) is 20.9 Å². The summed E-state index contributed by atoms with van der Waals surface area (Å²) in [5, 5.41) is 13.2. The Bertz CT molecular complexity index is 546. The third-order valence-corrected chi connectivity index (χ3v) is 3.03. The third kappa shape index (κ3) is 2.24. The third-order valence-electron chi connectivity index (χ3n) is 2.51. The van der Waals surface area contributed by atoms with Gasteiger partial charge >= 0.3 is 5.97 Å². The van der Waals surface area contributed by atoms with Crippen molar-refractivity contribution in [2.45, 2.75) is 13.3 Å². The van der Waals surface area contributed by atoms with Gasteiger partial charge in [0.15, 0.2) is 0 Å². The van der Waals surface area contributed by atoms with E-state index in [1.165, 1.54) is 6.20 Å². The summed E-state index contributed by atoms with van der Waals surface area (Å²) < 4.78 is 2.64. The number of aromatic carboxylic acids is 1. The van der Waals surface area contributed by atoms with E-state index in [0.717, 1.165) is 10.2 Å². The Labute approximate surface area is 107 Å². The molecule has 0 radical (unpaired) electrons.